The Hall–Kier alpha value is -4.16. The van der Waals surface area contributed by atoms with Gasteiger partial charge in [-0.2, -0.15) is 5.26 Å². The van der Waals surface area contributed by atoms with Gasteiger partial charge in [0.15, 0.2) is 0 Å². The summed E-state index contributed by atoms with van der Waals surface area (Å²) >= 11 is 12.5. The van der Waals surface area contributed by atoms with Gasteiger partial charge in [0.1, 0.15) is 5.54 Å². The van der Waals surface area contributed by atoms with Crippen LogP contribution >= 0.6 is 23.2 Å². The lowest BCUT2D eigenvalue weighted by Gasteiger charge is -2.34. The second-order valence-electron chi connectivity index (χ2n) is 10.1. The summed E-state index contributed by atoms with van der Waals surface area (Å²) in [5.41, 5.74) is 2.68. The van der Waals surface area contributed by atoms with E-state index < -0.39 is 11.6 Å². The third-order valence-electron chi connectivity index (χ3n) is 7.82. The van der Waals surface area contributed by atoms with Crippen LogP contribution < -0.4 is 4.90 Å². The molecule has 6 rings (SSSR count). The molecule has 3 aromatic carbocycles. The molecule has 2 unspecified atom stereocenters. The van der Waals surface area contributed by atoms with Crippen LogP contribution in [0.4, 0.5) is 10.5 Å². The Labute approximate surface area is 241 Å². The zero-order chi connectivity index (χ0) is 28.0. The lowest BCUT2D eigenvalue weighted by Crippen LogP contribution is -2.53. The number of nitriles is 1. The van der Waals surface area contributed by atoms with Gasteiger partial charge in [-0.05, 0) is 53.6 Å². The fourth-order valence-electron chi connectivity index (χ4n) is 5.86. The summed E-state index contributed by atoms with van der Waals surface area (Å²) in [5, 5.41) is 9.98. The Morgan fingerprint density at radius 2 is 1.70 bits per heavy atom. The van der Waals surface area contributed by atoms with Crippen molar-refractivity contribution in [1.29, 1.82) is 5.26 Å². The van der Waals surface area contributed by atoms with Crippen LogP contribution in [-0.4, -0.2) is 57.0 Å². The van der Waals surface area contributed by atoms with E-state index in [-0.39, 0.29) is 11.8 Å². The van der Waals surface area contributed by atoms with Crippen LogP contribution in [0.15, 0.2) is 85.5 Å². The molecule has 3 amide bonds. The number of rotatable bonds is 5. The molecule has 0 aliphatic carbocycles. The number of anilines is 1. The van der Waals surface area contributed by atoms with E-state index in [0.717, 1.165) is 16.8 Å². The maximum atomic E-state index is 14.3. The molecule has 200 valence electrons. The number of imide groups is 1. The molecule has 40 heavy (non-hydrogen) atoms. The number of carbonyl (C=O) groups excluding carboxylic acids is 2. The third kappa shape index (κ3) is 4.33. The van der Waals surface area contributed by atoms with Crippen LogP contribution in [0.1, 0.15) is 22.6 Å². The molecule has 2 aliphatic heterocycles. The van der Waals surface area contributed by atoms with Crippen molar-refractivity contribution in [2.45, 2.75) is 18.0 Å². The zero-order valence-corrected chi connectivity index (χ0v) is 23.0. The zero-order valence-electron chi connectivity index (χ0n) is 21.5. The molecule has 0 saturated carbocycles. The summed E-state index contributed by atoms with van der Waals surface area (Å²) in [6, 6.07) is 21.8. The van der Waals surface area contributed by atoms with Gasteiger partial charge in [-0.25, -0.2) is 14.7 Å². The van der Waals surface area contributed by atoms with E-state index in [2.05, 4.69) is 28.1 Å². The standard InChI is InChI=1S/C30H24Cl2N6O2/c1-35-29(40)38(26-13-23(31)12-24(32)14-26)28(39)30(35)18-36(17-27(30)22-6-2-20(15-33)3-7-22)16-21-4-8-25(9-5-21)37-11-10-34-19-37/h2-14,19,27H,16-18H2,1H3. The van der Waals surface area contributed by atoms with Crippen molar-refractivity contribution >= 4 is 40.8 Å². The predicted octanol–water partition coefficient (Wildman–Crippen LogP) is 5.49. The second-order valence-corrected chi connectivity index (χ2v) is 11.0. The number of benzene rings is 3. The highest BCUT2D eigenvalue weighted by atomic mass is 35.5. The summed E-state index contributed by atoms with van der Waals surface area (Å²) < 4.78 is 1.93. The lowest BCUT2D eigenvalue weighted by molar-refractivity contribution is -0.124. The number of halogens is 2. The van der Waals surface area contributed by atoms with Gasteiger partial charge >= 0.3 is 6.03 Å². The maximum absolute atomic E-state index is 14.3. The van der Waals surface area contributed by atoms with Gasteiger partial charge in [0.25, 0.3) is 5.91 Å². The van der Waals surface area contributed by atoms with E-state index in [1.54, 1.807) is 54.8 Å². The van der Waals surface area contributed by atoms with Gasteiger partial charge in [0.2, 0.25) is 0 Å². The van der Waals surface area contributed by atoms with E-state index in [0.29, 0.717) is 40.9 Å². The smallest absolute Gasteiger partial charge is 0.310 e. The van der Waals surface area contributed by atoms with Crippen LogP contribution in [0.5, 0.6) is 0 Å². The Morgan fingerprint density at radius 1 is 1.00 bits per heavy atom. The van der Waals surface area contributed by atoms with Crippen LogP contribution in [0.25, 0.3) is 5.69 Å². The number of likely N-dealkylation sites (tertiary alicyclic amines) is 1. The largest absolute Gasteiger partial charge is 0.332 e. The fourth-order valence-corrected chi connectivity index (χ4v) is 6.37. The number of amides is 3. The molecule has 2 fully saturated rings. The second kappa shape index (κ2) is 10.1. The topological polar surface area (TPSA) is 85.5 Å². The van der Waals surface area contributed by atoms with Gasteiger partial charge in [0.05, 0.1) is 23.6 Å². The summed E-state index contributed by atoms with van der Waals surface area (Å²) in [6.45, 7) is 1.48. The van der Waals surface area contributed by atoms with E-state index in [1.807, 2.05) is 35.0 Å². The molecule has 1 spiro atoms. The molecule has 10 heteroatoms. The highest BCUT2D eigenvalue weighted by Gasteiger charge is 2.64. The number of aromatic nitrogens is 2. The molecule has 0 bridgehead atoms. The number of likely N-dealkylation sites (N-methyl/N-ethyl adjacent to an activating group) is 1. The minimum atomic E-state index is -1.16. The molecule has 1 aromatic heterocycles. The van der Waals surface area contributed by atoms with Crippen molar-refractivity contribution in [3.05, 3.63) is 112 Å². The van der Waals surface area contributed by atoms with E-state index >= 15 is 0 Å². The SMILES string of the molecule is CN1C(=O)N(c2cc(Cl)cc(Cl)c2)C(=O)C12CN(Cc1ccc(-n3ccnc3)cc1)CC2c1ccc(C#N)cc1. The van der Waals surface area contributed by atoms with Crippen molar-refractivity contribution in [3.63, 3.8) is 0 Å². The summed E-state index contributed by atoms with van der Waals surface area (Å²) in [6.07, 6.45) is 5.37. The summed E-state index contributed by atoms with van der Waals surface area (Å²) in [5.74, 6) is -0.655. The molecule has 0 N–H and O–H groups in total. The first-order chi connectivity index (χ1) is 19.3. The van der Waals surface area contributed by atoms with Crippen LogP contribution in [-0.2, 0) is 11.3 Å². The predicted molar refractivity (Wildman–Crippen MR) is 153 cm³/mol. The Bertz CT molecular complexity index is 1610. The highest BCUT2D eigenvalue weighted by Crippen LogP contribution is 2.47. The molecule has 8 nitrogen and oxygen atoms in total. The van der Waals surface area contributed by atoms with Gasteiger partial charge in [-0.3, -0.25) is 9.69 Å². The molecule has 3 heterocycles. The number of imidazole rings is 1. The molecule has 0 radical (unpaired) electrons. The summed E-state index contributed by atoms with van der Waals surface area (Å²) in [4.78, 5) is 37.0. The minimum absolute atomic E-state index is 0.327. The van der Waals surface area contributed by atoms with Crippen molar-refractivity contribution < 1.29 is 9.59 Å². The van der Waals surface area contributed by atoms with Crippen LogP contribution in [0, 0.1) is 11.3 Å². The maximum Gasteiger partial charge on any atom is 0.332 e. The molecule has 4 aromatic rings. The van der Waals surface area contributed by atoms with E-state index in [4.69, 9.17) is 23.2 Å². The normalized spacial score (nSPS) is 21.0. The monoisotopic (exact) mass is 570 g/mol. The van der Waals surface area contributed by atoms with E-state index in [9.17, 15) is 14.9 Å². The Balaban J connectivity index is 1.36. The molecule has 2 atom stereocenters. The molecule has 2 saturated heterocycles. The summed E-state index contributed by atoms with van der Waals surface area (Å²) in [7, 11) is 1.67. The average Bonchev–Trinajstić information content (AvgIpc) is 3.65. The number of nitrogens with zero attached hydrogens (tertiary/aromatic N) is 6. The number of hydrogen-bond donors (Lipinski definition) is 0. The van der Waals surface area contributed by atoms with Crippen molar-refractivity contribution in [2.75, 3.05) is 25.0 Å². The fraction of sp³-hybridized carbons (Fsp3) is 0.200. The Morgan fingerprint density at radius 3 is 2.33 bits per heavy atom. The number of hydrogen-bond acceptors (Lipinski definition) is 5. The first kappa shape index (κ1) is 26.1. The first-order valence-electron chi connectivity index (χ1n) is 12.7. The van der Waals surface area contributed by atoms with Gasteiger partial charge in [-0.15, -0.1) is 0 Å². The lowest BCUT2D eigenvalue weighted by atomic mass is 9.80. The molecular weight excluding hydrogens is 547 g/mol. The van der Waals surface area contributed by atoms with Crippen molar-refractivity contribution in [2.24, 2.45) is 0 Å². The van der Waals surface area contributed by atoms with Gasteiger partial charge in [0, 0.05) is 60.7 Å². The minimum Gasteiger partial charge on any atom is -0.310 e. The Kier molecular flexibility index (Phi) is 6.59. The quantitative estimate of drug-likeness (QED) is 0.296. The van der Waals surface area contributed by atoms with Crippen LogP contribution in [0.2, 0.25) is 10.0 Å². The first-order valence-corrected chi connectivity index (χ1v) is 13.4. The molecule has 2 aliphatic rings. The van der Waals surface area contributed by atoms with Crippen LogP contribution in [0.3, 0.4) is 0 Å². The van der Waals surface area contributed by atoms with Gasteiger partial charge in [-0.1, -0.05) is 47.5 Å². The van der Waals surface area contributed by atoms with Gasteiger partial charge < -0.3 is 9.47 Å². The number of carbonyl (C=O) groups is 2. The van der Waals surface area contributed by atoms with Crippen molar-refractivity contribution in [3.8, 4) is 11.8 Å². The number of urea groups is 1. The van der Waals surface area contributed by atoms with E-state index in [1.165, 1.54) is 4.90 Å². The average molecular weight is 571 g/mol. The highest BCUT2D eigenvalue weighted by molar-refractivity contribution is 6.35. The molecular formula is C30H24Cl2N6O2. The van der Waals surface area contributed by atoms with Crippen molar-refractivity contribution in [1.82, 2.24) is 19.4 Å². The third-order valence-corrected chi connectivity index (χ3v) is 8.26.